The number of fused-ring (bicyclic) bond motifs is 1. The molecule has 11 nitrogen and oxygen atoms in total. The van der Waals surface area contributed by atoms with Crippen molar-refractivity contribution in [2.45, 2.75) is 18.8 Å². The average molecular weight is 417 g/mol. The summed E-state index contributed by atoms with van der Waals surface area (Å²) in [6, 6.07) is 7.22. The number of amides is 3. The number of aliphatic imine (C=N–C) groups is 2. The summed E-state index contributed by atoms with van der Waals surface area (Å²) in [6.07, 6.45) is 3.15. The summed E-state index contributed by atoms with van der Waals surface area (Å²) >= 11 is 0. The van der Waals surface area contributed by atoms with Gasteiger partial charge in [0.15, 0.2) is 11.6 Å². The largest absolute Gasteiger partial charge is 0.367 e. The van der Waals surface area contributed by atoms with Crippen molar-refractivity contribution in [2.75, 3.05) is 11.4 Å². The summed E-state index contributed by atoms with van der Waals surface area (Å²) < 4.78 is 0. The van der Waals surface area contributed by atoms with Crippen molar-refractivity contribution in [1.29, 1.82) is 0 Å². The highest BCUT2D eigenvalue weighted by atomic mass is 16.2. The first-order chi connectivity index (χ1) is 15.0. The van der Waals surface area contributed by atoms with Crippen molar-refractivity contribution in [2.24, 2.45) is 20.2 Å². The highest BCUT2D eigenvalue weighted by molar-refractivity contribution is 6.45. The van der Waals surface area contributed by atoms with Crippen molar-refractivity contribution in [3.63, 3.8) is 0 Å². The van der Waals surface area contributed by atoms with Crippen molar-refractivity contribution >= 4 is 41.2 Å². The quantitative estimate of drug-likeness (QED) is 0.728. The van der Waals surface area contributed by atoms with Crippen LogP contribution in [-0.2, 0) is 25.6 Å². The molecule has 0 saturated heterocycles. The standard InChI is InChI=1S/C20H15N7O4/c28-14-9-24-23-8-12(14)18-21-6-5-16(29)27(18)19-20(31)25-15(10-22-19)26-13-4-2-1-3-11(13)7-17(26)30/h1-6,8,10,18-19,21H,7,9H2. The topological polar surface area (TPSA) is 136 Å². The second-order valence-electron chi connectivity index (χ2n) is 7.07. The van der Waals surface area contributed by atoms with E-state index >= 15 is 0 Å². The molecule has 1 aromatic carbocycles. The molecular formula is C20H15N7O4. The molecule has 0 spiro atoms. The van der Waals surface area contributed by atoms with E-state index in [4.69, 9.17) is 0 Å². The van der Waals surface area contributed by atoms with Crippen LogP contribution in [0, 0.1) is 0 Å². The Kier molecular flexibility index (Phi) is 4.35. The van der Waals surface area contributed by atoms with E-state index in [0.717, 1.165) is 10.5 Å². The maximum Gasteiger partial charge on any atom is 0.293 e. The fourth-order valence-electron chi connectivity index (χ4n) is 3.80. The van der Waals surface area contributed by atoms with Crippen molar-refractivity contribution in [3.05, 3.63) is 53.9 Å². The predicted octanol–water partition coefficient (Wildman–Crippen LogP) is 0.102. The van der Waals surface area contributed by atoms with Crippen molar-refractivity contribution in [3.8, 4) is 0 Å². The van der Waals surface area contributed by atoms with Crippen molar-refractivity contribution < 1.29 is 19.2 Å². The number of hydrogen-bond donors (Lipinski definition) is 1. The minimum atomic E-state index is -1.29. The molecule has 4 aliphatic rings. The number of anilines is 1. The summed E-state index contributed by atoms with van der Waals surface area (Å²) in [7, 11) is 0. The number of benzene rings is 1. The molecule has 1 N–H and O–H groups in total. The summed E-state index contributed by atoms with van der Waals surface area (Å²) in [6.45, 7) is -0.142. The lowest BCUT2D eigenvalue weighted by Crippen LogP contribution is -2.58. The molecule has 1 aromatic rings. The Morgan fingerprint density at radius 1 is 1.10 bits per heavy atom. The summed E-state index contributed by atoms with van der Waals surface area (Å²) in [5.41, 5.74) is 1.66. The van der Waals surface area contributed by atoms with Gasteiger partial charge in [0.05, 0.1) is 30.1 Å². The zero-order chi connectivity index (χ0) is 21.5. The van der Waals surface area contributed by atoms with Crippen LogP contribution in [0.4, 0.5) is 5.69 Å². The fraction of sp³-hybridized carbons (Fsp3) is 0.200. The van der Waals surface area contributed by atoms with Crippen LogP contribution < -0.4 is 10.2 Å². The highest BCUT2D eigenvalue weighted by Crippen LogP contribution is 2.29. The monoisotopic (exact) mass is 417 g/mol. The lowest BCUT2D eigenvalue weighted by molar-refractivity contribution is -0.138. The van der Waals surface area contributed by atoms with E-state index in [1.807, 2.05) is 12.1 Å². The maximum atomic E-state index is 12.9. The van der Waals surface area contributed by atoms with Gasteiger partial charge in [0.2, 0.25) is 12.1 Å². The first-order valence-corrected chi connectivity index (χ1v) is 9.46. The Morgan fingerprint density at radius 2 is 1.94 bits per heavy atom. The van der Waals surface area contributed by atoms with Gasteiger partial charge in [-0.25, -0.2) is 0 Å². The maximum absolute atomic E-state index is 12.9. The number of para-hydroxylation sites is 1. The van der Waals surface area contributed by atoms with Gasteiger partial charge in [-0.3, -0.25) is 34.0 Å². The molecule has 2 atom stereocenters. The SMILES string of the molecule is O=C1CN=NC=C1C1NC=CC(=O)N1C1N=CC(N2C(=O)Cc3ccccc32)=NC1=O. The van der Waals surface area contributed by atoms with Gasteiger partial charge in [-0.15, -0.1) is 0 Å². The molecule has 0 aliphatic carbocycles. The van der Waals surface area contributed by atoms with Gasteiger partial charge < -0.3 is 5.32 Å². The van der Waals surface area contributed by atoms with Gasteiger partial charge in [0, 0.05) is 12.3 Å². The Labute approximate surface area is 175 Å². The highest BCUT2D eigenvalue weighted by Gasteiger charge is 2.41. The molecule has 154 valence electrons. The lowest BCUT2D eigenvalue weighted by atomic mass is 10.1. The van der Waals surface area contributed by atoms with Crippen LogP contribution in [0.3, 0.4) is 0 Å². The van der Waals surface area contributed by atoms with Gasteiger partial charge in [-0.1, -0.05) is 18.2 Å². The third-order valence-electron chi connectivity index (χ3n) is 5.22. The van der Waals surface area contributed by atoms with E-state index in [2.05, 4.69) is 25.5 Å². The van der Waals surface area contributed by atoms with Crippen LogP contribution >= 0.6 is 0 Å². The van der Waals surface area contributed by atoms with E-state index in [9.17, 15) is 19.2 Å². The molecule has 4 aliphatic heterocycles. The van der Waals surface area contributed by atoms with Gasteiger partial charge in [-0.05, 0) is 11.6 Å². The smallest absolute Gasteiger partial charge is 0.293 e. The molecule has 0 saturated carbocycles. The Balaban J connectivity index is 1.45. The third kappa shape index (κ3) is 3.06. The first-order valence-electron chi connectivity index (χ1n) is 9.46. The molecule has 0 fully saturated rings. The van der Waals surface area contributed by atoms with Crippen LogP contribution in [0.15, 0.2) is 68.5 Å². The zero-order valence-electron chi connectivity index (χ0n) is 16.0. The predicted molar refractivity (Wildman–Crippen MR) is 108 cm³/mol. The number of azo groups is 1. The number of carbonyl (C=O) groups excluding carboxylic acids is 4. The minimum absolute atomic E-state index is 0.0856. The molecule has 2 unspecified atom stereocenters. The zero-order valence-corrected chi connectivity index (χ0v) is 16.0. The Bertz CT molecular complexity index is 1180. The Morgan fingerprint density at radius 3 is 2.74 bits per heavy atom. The first kappa shape index (κ1) is 18.7. The number of nitrogens with one attached hydrogen (secondary N) is 1. The molecule has 3 amide bonds. The van der Waals surface area contributed by atoms with Gasteiger partial charge in [0.1, 0.15) is 12.7 Å². The van der Waals surface area contributed by atoms with E-state index < -0.39 is 24.1 Å². The minimum Gasteiger partial charge on any atom is -0.367 e. The van der Waals surface area contributed by atoms with Crippen LogP contribution in [0.5, 0.6) is 0 Å². The second kappa shape index (κ2) is 7.20. The number of carbonyl (C=O) groups is 4. The number of hydrogen-bond acceptors (Lipinski definition) is 8. The third-order valence-corrected chi connectivity index (χ3v) is 5.22. The summed E-state index contributed by atoms with van der Waals surface area (Å²) in [5, 5.41) is 10.3. The molecule has 5 rings (SSSR count). The van der Waals surface area contributed by atoms with E-state index in [0.29, 0.717) is 5.69 Å². The van der Waals surface area contributed by atoms with Crippen LogP contribution in [0.25, 0.3) is 0 Å². The number of nitrogens with zero attached hydrogens (tertiary/aromatic N) is 6. The van der Waals surface area contributed by atoms with Gasteiger partial charge >= 0.3 is 0 Å². The Hall–Kier alpha value is -4.28. The van der Waals surface area contributed by atoms with E-state index in [-0.39, 0.29) is 36.1 Å². The van der Waals surface area contributed by atoms with E-state index in [1.165, 1.54) is 29.6 Å². The van der Waals surface area contributed by atoms with Gasteiger partial charge in [0.25, 0.3) is 11.8 Å². The molecule has 0 aromatic heterocycles. The molecular weight excluding hydrogens is 402 g/mol. The molecule has 0 radical (unpaired) electrons. The lowest BCUT2D eigenvalue weighted by Gasteiger charge is -2.38. The van der Waals surface area contributed by atoms with Crippen LogP contribution in [0.1, 0.15) is 5.56 Å². The van der Waals surface area contributed by atoms with Gasteiger partial charge in [-0.2, -0.15) is 15.2 Å². The summed E-state index contributed by atoms with van der Waals surface area (Å²) in [4.78, 5) is 61.0. The number of ketones is 1. The van der Waals surface area contributed by atoms with Crippen molar-refractivity contribution in [1.82, 2.24) is 10.2 Å². The summed E-state index contributed by atoms with van der Waals surface area (Å²) in [5.74, 6) is -1.71. The average Bonchev–Trinajstić information content (AvgIpc) is 3.10. The normalized spacial score (nSPS) is 24.9. The fourth-order valence-corrected chi connectivity index (χ4v) is 3.80. The molecule has 0 bridgehead atoms. The molecule has 4 heterocycles. The number of rotatable bonds is 2. The molecule has 31 heavy (non-hydrogen) atoms. The number of Topliss-reactive ketones (excluding diaryl/α,β-unsaturated/α-hetero) is 1. The molecule has 11 heteroatoms. The van der Waals surface area contributed by atoms with E-state index in [1.54, 1.807) is 12.1 Å². The van der Waals surface area contributed by atoms with Crippen LogP contribution in [0.2, 0.25) is 0 Å². The second-order valence-corrected chi connectivity index (χ2v) is 7.07. The van der Waals surface area contributed by atoms with Crippen LogP contribution in [-0.4, -0.2) is 59.3 Å². The number of amidine groups is 1.